The molecular formula is C41H56N5O7+. The molecule has 0 aromatic heterocycles. The molecule has 1 heterocycles. The predicted molar refractivity (Wildman–Crippen MR) is 204 cm³/mol. The first-order valence-electron chi connectivity index (χ1n) is 18.6. The molecule has 286 valence electrons. The number of hydroxylamine groups is 2. The Hall–Kier alpha value is -4.23. The maximum Gasteiger partial charge on any atom is 0.251 e. The van der Waals surface area contributed by atoms with Gasteiger partial charge in [-0.2, -0.15) is 0 Å². The second-order valence-electron chi connectivity index (χ2n) is 16.3. The van der Waals surface area contributed by atoms with Crippen LogP contribution in [-0.4, -0.2) is 103 Å². The highest BCUT2D eigenvalue weighted by Crippen LogP contribution is 2.78. The Morgan fingerprint density at radius 3 is 2.40 bits per heavy atom. The zero-order chi connectivity index (χ0) is 38.6. The van der Waals surface area contributed by atoms with Gasteiger partial charge < -0.3 is 40.6 Å². The van der Waals surface area contributed by atoms with Crippen molar-refractivity contribution in [2.45, 2.75) is 71.4 Å². The number of ether oxygens (including phenoxy) is 1. The second-order valence-corrected chi connectivity index (χ2v) is 16.3. The van der Waals surface area contributed by atoms with Gasteiger partial charge in [-0.3, -0.25) is 14.4 Å². The Balaban J connectivity index is 1.25. The van der Waals surface area contributed by atoms with Gasteiger partial charge >= 0.3 is 0 Å². The third-order valence-corrected chi connectivity index (χ3v) is 11.7. The average Bonchev–Trinajstić information content (AvgIpc) is 3.47. The van der Waals surface area contributed by atoms with Crippen LogP contribution >= 0.6 is 0 Å². The van der Waals surface area contributed by atoms with Crippen LogP contribution in [-0.2, 0) is 16.1 Å². The number of methoxy groups -OCH3 is 1. The van der Waals surface area contributed by atoms with Crippen LogP contribution < -0.4 is 25.6 Å². The Bertz CT molecular complexity index is 1820. The smallest absolute Gasteiger partial charge is 0.251 e. The van der Waals surface area contributed by atoms with E-state index in [-0.39, 0.29) is 54.7 Å². The summed E-state index contributed by atoms with van der Waals surface area (Å²) in [5, 5.41) is 32.0. The molecule has 3 amide bonds. The first-order chi connectivity index (χ1) is 25.0. The fourth-order valence-electron chi connectivity index (χ4n) is 9.04. The molecule has 6 N–H and O–H groups in total. The van der Waals surface area contributed by atoms with Crippen molar-refractivity contribution in [3.8, 4) is 16.9 Å². The van der Waals surface area contributed by atoms with Gasteiger partial charge in [0.1, 0.15) is 12.4 Å². The summed E-state index contributed by atoms with van der Waals surface area (Å²) < 4.78 is 6.03. The van der Waals surface area contributed by atoms with E-state index in [0.717, 1.165) is 28.0 Å². The minimum Gasteiger partial charge on any atom is -0.496 e. The van der Waals surface area contributed by atoms with E-state index in [2.05, 4.69) is 42.5 Å². The van der Waals surface area contributed by atoms with Gasteiger partial charge in [0.15, 0.2) is 6.04 Å². The minimum atomic E-state index is -0.913. The lowest BCUT2D eigenvalue weighted by atomic mass is 9.28. The largest absolute Gasteiger partial charge is 0.496 e. The third-order valence-electron chi connectivity index (χ3n) is 11.7. The number of anilines is 1. The maximum atomic E-state index is 14.3. The molecule has 1 unspecified atom stereocenters. The van der Waals surface area contributed by atoms with Crippen LogP contribution in [0.1, 0.15) is 57.0 Å². The molecule has 4 aliphatic rings. The molecule has 0 radical (unpaired) electrons. The van der Waals surface area contributed by atoms with Crippen molar-refractivity contribution in [3.63, 3.8) is 0 Å². The van der Waals surface area contributed by atoms with Crippen molar-refractivity contribution in [1.82, 2.24) is 21.0 Å². The van der Waals surface area contributed by atoms with Crippen molar-refractivity contribution >= 4 is 23.4 Å². The molecule has 2 saturated carbocycles. The van der Waals surface area contributed by atoms with E-state index in [9.17, 15) is 24.6 Å². The number of para-hydroxylation sites is 1. The number of carbonyl (C=O) groups is 3. The number of hydrogen-bond donors (Lipinski definition) is 5. The van der Waals surface area contributed by atoms with Crippen molar-refractivity contribution < 1.29 is 34.2 Å². The average molecular weight is 731 g/mol. The number of hydrogen-bond acceptors (Lipinski definition) is 8. The molecule has 2 aromatic rings. The van der Waals surface area contributed by atoms with Gasteiger partial charge in [0, 0.05) is 67.8 Å². The van der Waals surface area contributed by atoms with E-state index in [0.29, 0.717) is 30.2 Å². The van der Waals surface area contributed by atoms with Gasteiger partial charge in [-0.05, 0) is 47.6 Å². The van der Waals surface area contributed by atoms with Crippen molar-refractivity contribution in [1.29, 1.82) is 0 Å². The van der Waals surface area contributed by atoms with Crippen LogP contribution in [0.2, 0.25) is 0 Å². The molecule has 1 aliphatic heterocycles. The molecule has 3 aliphatic carbocycles. The zero-order valence-corrected chi connectivity index (χ0v) is 32.2. The number of nitrogens with zero attached hydrogens (tertiary/aromatic N) is 2. The summed E-state index contributed by atoms with van der Waals surface area (Å²) >= 11 is 0. The number of benzene rings is 2. The topological polar surface area (TPSA) is 156 Å². The van der Waals surface area contributed by atoms with Gasteiger partial charge in [-0.1, -0.05) is 69.2 Å². The molecule has 1 saturated heterocycles. The van der Waals surface area contributed by atoms with Crippen LogP contribution in [0.4, 0.5) is 5.69 Å². The van der Waals surface area contributed by atoms with E-state index in [1.165, 1.54) is 5.57 Å². The Morgan fingerprint density at radius 2 is 1.79 bits per heavy atom. The van der Waals surface area contributed by atoms with E-state index in [1.807, 2.05) is 69.2 Å². The lowest BCUT2D eigenvalue weighted by Gasteiger charge is -2.77. The molecule has 7 atom stereocenters. The Morgan fingerprint density at radius 1 is 1.08 bits per heavy atom. The summed E-state index contributed by atoms with van der Waals surface area (Å²) in [6, 6.07) is 10.5. The van der Waals surface area contributed by atoms with Crippen LogP contribution in [0.3, 0.4) is 0 Å². The lowest BCUT2D eigenvalue weighted by Crippen LogP contribution is -2.81. The monoisotopic (exact) mass is 730 g/mol. The fraction of sp³-hybridized carbons (Fsp3) is 0.537. The van der Waals surface area contributed by atoms with Gasteiger partial charge in [0.05, 0.1) is 31.2 Å². The lowest BCUT2D eigenvalue weighted by molar-refractivity contribution is -0.303. The fourth-order valence-corrected chi connectivity index (χ4v) is 9.04. The molecular weight excluding hydrogens is 674 g/mol. The number of aliphatic hydroxyl groups is 3. The summed E-state index contributed by atoms with van der Waals surface area (Å²) in [6.07, 6.45) is 0.987. The maximum absolute atomic E-state index is 14.3. The molecule has 2 aromatic carbocycles. The highest BCUT2D eigenvalue weighted by atomic mass is 16.7. The van der Waals surface area contributed by atoms with Crippen LogP contribution in [0.15, 0.2) is 60.2 Å². The van der Waals surface area contributed by atoms with Crippen molar-refractivity contribution in [3.05, 3.63) is 71.3 Å². The van der Waals surface area contributed by atoms with Gasteiger partial charge in [-0.15, -0.1) is 0 Å². The molecule has 12 heteroatoms. The molecule has 3 fully saturated rings. The Kier molecular flexibility index (Phi) is 10.6. The van der Waals surface area contributed by atoms with Crippen LogP contribution in [0.25, 0.3) is 11.1 Å². The summed E-state index contributed by atoms with van der Waals surface area (Å²) in [6.45, 7) is 14.9. The minimum absolute atomic E-state index is 0.0471. The molecule has 6 rings (SSSR count). The van der Waals surface area contributed by atoms with E-state index in [1.54, 1.807) is 19.1 Å². The molecule has 0 bridgehead atoms. The SMILES string of the molecule is C=C1[C@@H]2C3C(=C[C@@]13NC(=O)[C@@H]1[C@H]([C@H](C)O)[C@H](CO)[OH+]N1Cc1cccc(-c3cc(C(=O)NCCNC(=O)CC(C)C)cc(N(C)C)c3)c1OC)C2(C)C. The van der Waals surface area contributed by atoms with Gasteiger partial charge in [0.2, 0.25) is 17.9 Å². The number of nitrogens with one attached hydrogen (secondary N) is 3. The summed E-state index contributed by atoms with van der Waals surface area (Å²) in [4.78, 5) is 46.4. The van der Waals surface area contributed by atoms with E-state index in [4.69, 9.17) is 9.57 Å². The third kappa shape index (κ3) is 6.64. The predicted octanol–water partition coefficient (Wildman–Crippen LogP) is 2.94. The number of aliphatic hydroxyl groups excluding tert-OH is 2. The highest BCUT2D eigenvalue weighted by Gasteiger charge is 2.77. The number of carbonyl (C=O) groups excluding carboxylic acids is 3. The van der Waals surface area contributed by atoms with Crippen LogP contribution in [0, 0.1) is 29.1 Å². The van der Waals surface area contributed by atoms with Gasteiger partial charge in [0.25, 0.3) is 5.91 Å². The first-order valence-corrected chi connectivity index (χ1v) is 18.6. The molecule has 0 spiro atoms. The molecule has 53 heavy (non-hydrogen) atoms. The summed E-state index contributed by atoms with van der Waals surface area (Å²) in [5.41, 5.74) is 5.36. The molecule has 12 nitrogen and oxygen atoms in total. The number of rotatable bonds is 15. The zero-order valence-electron chi connectivity index (χ0n) is 32.2. The second kappa shape index (κ2) is 14.5. The highest BCUT2D eigenvalue weighted by molar-refractivity contribution is 5.97. The van der Waals surface area contributed by atoms with Crippen molar-refractivity contribution in [2.75, 3.05) is 45.8 Å². The first kappa shape index (κ1) is 38.5. The van der Waals surface area contributed by atoms with E-state index >= 15 is 0 Å². The number of amides is 3. The van der Waals surface area contributed by atoms with Gasteiger partial charge in [-0.25, -0.2) is 0 Å². The Labute approximate surface area is 312 Å². The summed E-state index contributed by atoms with van der Waals surface area (Å²) in [5.74, 6) is 0.181. The quantitative estimate of drug-likeness (QED) is 0.107. The van der Waals surface area contributed by atoms with Crippen molar-refractivity contribution in [2.24, 2.45) is 29.1 Å². The summed E-state index contributed by atoms with van der Waals surface area (Å²) in [7, 11) is 5.39. The van der Waals surface area contributed by atoms with Crippen LogP contribution in [0.5, 0.6) is 5.75 Å². The van der Waals surface area contributed by atoms with E-state index < -0.39 is 29.7 Å². The normalized spacial score (nSPS) is 27.0. The standard InChI is InChI=1S/C41H55N5O7/c1-22(2)15-32(49)42-13-14-43-38(50)27-16-26(17-28(18-27)45(7)8)29-12-10-11-25(37(29)52-9)20-46-36(33(24(4)48)31(21-47)53-46)39(51)44-41-19-30-35(41)34(23(41)3)40(30,5)6/h10-12,16-19,22,24,31,33-36,47-48H,3,13-15,20-21H2,1-2,4-9H3,(H,42,49)(H,43,50)(H,44,51)/p+1/t24-,31-,33+,34+,35?,36-,41+/m0/s1.